The van der Waals surface area contributed by atoms with Crippen molar-refractivity contribution in [3.8, 4) is 0 Å². The Labute approximate surface area is 94.6 Å². The van der Waals surface area contributed by atoms with E-state index in [1.807, 2.05) is 0 Å². The van der Waals surface area contributed by atoms with E-state index in [1.54, 1.807) is 18.7 Å². The van der Waals surface area contributed by atoms with Crippen molar-refractivity contribution in [3.05, 3.63) is 17.3 Å². The molecule has 5 nitrogen and oxygen atoms in total. The Morgan fingerprint density at radius 3 is 2.88 bits per heavy atom. The number of amides is 1. The van der Waals surface area contributed by atoms with Gasteiger partial charge in [-0.1, -0.05) is 0 Å². The summed E-state index contributed by atoms with van der Waals surface area (Å²) in [6.45, 7) is 4.89. The largest absolute Gasteiger partial charge is 0.436 e. The van der Waals surface area contributed by atoms with Gasteiger partial charge in [0.1, 0.15) is 0 Å². The molecule has 2 N–H and O–H groups in total. The number of aromatic nitrogens is 1. The first-order chi connectivity index (χ1) is 7.58. The van der Waals surface area contributed by atoms with Crippen molar-refractivity contribution in [1.29, 1.82) is 0 Å². The van der Waals surface area contributed by atoms with Crippen LogP contribution in [0, 0.1) is 13.8 Å². The zero-order valence-corrected chi connectivity index (χ0v) is 9.69. The van der Waals surface area contributed by atoms with Gasteiger partial charge in [-0.3, -0.25) is 4.79 Å². The van der Waals surface area contributed by atoms with E-state index >= 15 is 0 Å². The smallest absolute Gasteiger partial charge is 0.291 e. The number of hydrogen-bond acceptors (Lipinski definition) is 4. The third-order valence-electron chi connectivity index (χ3n) is 2.84. The molecule has 0 spiro atoms. The minimum absolute atomic E-state index is 0.0852. The van der Waals surface area contributed by atoms with Gasteiger partial charge in [0, 0.05) is 26.1 Å². The van der Waals surface area contributed by atoms with E-state index in [0.717, 1.165) is 19.4 Å². The molecule has 1 amide bonds. The summed E-state index contributed by atoms with van der Waals surface area (Å²) >= 11 is 0. The van der Waals surface area contributed by atoms with E-state index < -0.39 is 0 Å². The van der Waals surface area contributed by atoms with Gasteiger partial charge in [0.15, 0.2) is 5.89 Å². The molecule has 0 aliphatic carbocycles. The average molecular weight is 223 g/mol. The molecule has 1 aromatic rings. The highest BCUT2D eigenvalue weighted by molar-refractivity contribution is 5.92. The molecule has 1 atom stereocenters. The van der Waals surface area contributed by atoms with Gasteiger partial charge in [0.2, 0.25) is 5.76 Å². The molecule has 0 unspecified atom stereocenters. The zero-order valence-electron chi connectivity index (χ0n) is 9.69. The van der Waals surface area contributed by atoms with Crippen molar-refractivity contribution in [2.24, 2.45) is 5.73 Å². The Bertz CT molecular complexity index is 400. The third kappa shape index (κ3) is 2.09. The maximum atomic E-state index is 12.1. The lowest BCUT2D eigenvalue weighted by Crippen LogP contribution is -2.45. The predicted octanol–water partition coefficient (Wildman–Crippen LogP) is 0.855. The first-order valence-corrected chi connectivity index (χ1v) is 5.57. The van der Waals surface area contributed by atoms with Crippen molar-refractivity contribution in [1.82, 2.24) is 9.88 Å². The number of aryl methyl sites for hydroxylation is 2. The number of carbonyl (C=O) groups is 1. The highest BCUT2D eigenvalue weighted by Crippen LogP contribution is 2.16. The summed E-state index contributed by atoms with van der Waals surface area (Å²) in [5.41, 5.74) is 6.50. The van der Waals surface area contributed by atoms with Crippen LogP contribution in [0.4, 0.5) is 0 Å². The van der Waals surface area contributed by atoms with E-state index in [1.165, 1.54) is 0 Å². The number of nitrogens with zero attached hydrogens (tertiary/aromatic N) is 2. The number of oxazole rings is 1. The second kappa shape index (κ2) is 4.25. The predicted molar refractivity (Wildman–Crippen MR) is 59.1 cm³/mol. The Morgan fingerprint density at radius 2 is 2.31 bits per heavy atom. The van der Waals surface area contributed by atoms with Gasteiger partial charge >= 0.3 is 0 Å². The molecular formula is C11H17N3O2. The molecular weight excluding hydrogens is 206 g/mol. The van der Waals surface area contributed by atoms with Crippen LogP contribution in [-0.4, -0.2) is 34.9 Å². The fraction of sp³-hybridized carbons (Fsp3) is 0.636. The van der Waals surface area contributed by atoms with Crippen LogP contribution in [0.5, 0.6) is 0 Å². The molecule has 1 saturated heterocycles. The number of rotatable bonds is 1. The minimum atomic E-state index is -0.0896. The summed E-state index contributed by atoms with van der Waals surface area (Å²) in [5.74, 6) is 0.794. The van der Waals surface area contributed by atoms with Gasteiger partial charge in [0.25, 0.3) is 5.91 Å². The third-order valence-corrected chi connectivity index (χ3v) is 2.84. The van der Waals surface area contributed by atoms with Crippen LogP contribution in [0.25, 0.3) is 0 Å². The van der Waals surface area contributed by atoms with Crippen molar-refractivity contribution < 1.29 is 9.21 Å². The normalized spacial score (nSPS) is 21.2. The number of hydrogen-bond donors (Lipinski definition) is 1. The van der Waals surface area contributed by atoms with Crippen LogP contribution in [0.3, 0.4) is 0 Å². The quantitative estimate of drug-likeness (QED) is 0.766. The Morgan fingerprint density at radius 1 is 1.56 bits per heavy atom. The summed E-state index contributed by atoms with van der Waals surface area (Å²) in [7, 11) is 0. The Hall–Kier alpha value is -1.36. The second-order valence-electron chi connectivity index (χ2n) is 4.30. The molecule has 0 radical (unpaired) electrons. The number of piperidine rings is 1. The maximum absolute atomic E-state index is 12.1. The summed E-state index contributed by atoms with van der Waals surface area (Å²) in [4.78, 5) is 18.0. The molecule has 5 heteroatoms. The molecule has 2 rings (SSSR count). The van der Waals surface area contributed by atoms with E-state index in [4.69, 9.17) is 10.2 Å². The summed E-state index contributed by atoms with van der Waals surface area (Å²) in [6, 6.07) is 0.0852. The highest BCUT2D eigenvalue weighted by atomic mass is 16.4. The molecule has 16 heavy (non-hydrogen) atoms. The molecule has 88 valence electrons. The highest BCUT2D eigenvalue weighted by Gasteiger charge is 2.26. The second-order valence-corrected chi connectivity index (χ2v) is 4.30. The summed E-state index contributed by atoms with van der Waals surface area (Å²) in [5, 5.41) is 0. The monoisotopic (exact) mass is 223 g/mol. The van der Waals surface area contributed by atoms with E-state index in [9.17, 15) is 4.79 Å². The first kappa shape index (κ1) is 11.1. The van der Waals surface area contributed by atoms with Crippen molar-refractivity contribution in [2.45, 2.75) is 32.7 Å². The van der Waals surface area contributed by atoms with Gasteiger partial charge in [-0.15, -0.1) is 0 Å². The lowest BCUT2D eigenvalue weighted by atomic mass is 10.1. The molecule has 1 fully saturated rings. The first-order valence-electron chi connectivity index (χ1n) is 5.57. The van der Waals surface area contributed by atoms with Crippen molar-refractivity contribution in [2.75, 3.05) is 13.1 Å². The fourth-order valence-electron chi connectivity index (χ4n) is 2.07. The maximum Gasteiger partial charge on any atom is 0.291 e. The van der Waals surface area contributed by atoms with Gasteiger partial charge in [-0.25, -0.2) is 4.98 Å². The molecule has 1 aromatic heterocycles. The summed E-state index contributed by atoms with van der Waals surface area (Å²) in [6.07, 6.45) is 1.94. The van der Waals surface area contributed by atoms with Gasteiger partial charge < -0.3 is 15.1 Å². The Kier molecular flexibility index (Phi) is 2.96. The van der Waals surface area contributed by atoms with Crippen LogP contribution in [-0.2, 0) is 0 Å². The topological polar surface area (TPSA) is 72.4 Å². The van der Waals surface area contributed by atoms with E-state index in [2.05, 4.69) is 4.98 Å². The Balaban J connectivity index is 2.15. The molecule has 2 heterocycles. The lowest BCUT2D eigenvalue weighted by Gasteiger charge is -2.30. The van der Waals surface area contributed by atoms with Crippen LogP contribution < -0.4 is 5.73 Å². The van der Waals surface area contributed by atoms with Crippen LogP contribution in [0.2, 0.25) is 0 Å². The zero-order chi connectivity index (χ0) is 11.7. The molecule has 0 aromatic carbocycles. The minimum Gasteiger partial charge on any atom is -0.436 e. The standard InChI is InChI=1S/C11H17N3O2/c1-7-10(16-8(2)13-7)11(15)14-5-3-4-9(12)6-14/h9H,3-6,12H2,1-2H3/t9-/m1/s1. The molecule has 0 bridgehead atoms. The number of carbonyl (C=O) groups excluding carboxylic acids is 1. The van der Waals surface area contributed by atoms with Gasteiger partial charge in [0.05, 0.1) is 5.69 Å². The SMILES string of the molecule is Cc1nc(C)c(C(=O)N2CCC[C@@H](N)C2)o1. The average Bonchev–Trinajstić information content (AvgIpc) is 2.57. The van der Waals surface area contributed by atoms with Crippen LogP contribution in [0.15, 0.2) is 4.42 Å². The molecule has 1 aliphatic rings. The van der Waals surface area contributed by atoms with E-state index in [0.29, 0.717) is 23.9 Å². The van der Waals surface area contributed by atoms with Crippen molar-refractivity contribution >= 4 is 5.91 Å². The van der Waals surface area contributed by atoms with Crippen LogP contribution >= 0.6 is 0 Å². The number of likely N-dealkylation sites (tertiary alicyclic amines) is 1. The van der Waals surface area contributed by atoms with Crippen molar-refractivity contribution in [3.63, 3.8) is 0 Å². The molecule has 1 aliphatic heterocycles. The van der Waals surface area contributed by atoms with Gasteiger partial charge in [-0.2, -0.15) is 0 Å². The van der Waals surface area contributed by atoms with Crippen LogP contribution in [0.1, 0.15) is 35.0 Å². The summed E-state index contributed by atoms with van der Waals surface area (Å²) < 4.78 is 5.32. The number of nitrogens with two attached hydrogens (primary N) is 1. The van der Waals surface area contributed by atoms with E-state index in [-0.39, 0.29) is 11.9 Å². The lowest BCUT2D eigenvalue weighted by molar-refractivity contribution is 0.0674. The fourth-order valence-corrected chi connectivity index (χ4v) is 2.07. The molecule has 0 saturated carbocycles. The van der Waals surface area contributed by atoms with Gasteiger partial charge in [-0.05, 0) is 19.8 Å².